The quantitative estimate of drug-likeness (QED) is 0.621. The van der Waals surface area contributed by atoms with E-state index in [1.807, 2.05) is 6.92 Å². The van der Waals surface area contributed by atoms with Gasteiger partial charge in [-0.25, -0.2) is 0 Å². The van der Waals surface area contributed by atoms with E-state index in [1.54, 1.807) is 0 Å². The number of nitrogens with two attached hydrogens (primary N) is 1. The first-order chi connectivity index (χ1) is 5.22. The van der Waals surface area contributed by atoms with Gasteiger partial charge in [-0.2, -0.15) is 0 Å². The molecule has 0 aromatic rings. The summed E-state index contributed by atoms with van der Waals surface area (Å²) >= 11 is 0. The molecule has 2 N–H and O–H groups in total. The lowest BCUT2D eigenvalue weighted by atomic mass is 9.78. The SMILES string of the molecule is CC(N)C1CCC2(CCC2)O1. The summed E-state index contributed by atoms with van der Waals surface area (Å²) in [4.78, 5) is 0. The Morgan fingerprint density at radius 2 is 2.18 bits per heavy atom. The molecule has 2 unspecified atom stereocenters. The molecule has 2 atom stereocenters. The highest BCUT2D eigenvalue weighted by Crippen LogP contribution is 2.45. The van der Waals surface area contributed by atoms with Crippen molar-refractivity contribution in [3.05, 3.63) is 0 Å². The summed E-state index contributed by atoms with van der Waals surface area (Å²) in [5, 5.41) is 0. The van der Waals surface area contributed by atoms with Crippen LogP contribution in [0.1, 0.15) is 39.0 Å². The monoisotopic (exact) mass is 155 g/mol. The molecule has 1 aliphatic heterocycles. The average Bonchev–Trinajstić information content (AvgIpc) is 2.28. The van der Waals surface area contributed by atoms with E-state index in [4.69, 9.17) is 10.5 Å². The van der Waals surface area contributed by atoms with Gasteiger partial charge in [0, 0.05) is 6.04 Å². The zero-order valence-electron chi connectivity index (χ0n) is 7.18. The van der Waals surface area contributed by atoms with Gasteiger partial charge >= 0.3 is 0 Å². The molecule has 2 rings (SSSR count). The summed E-state index contributed by atoms with van der Waals surface area (Å²) in [6, 6.07) is 0.218. The summed E-state index contributed by atoms with van der Waals surface area (Å²) in [6.45, 7) is 2.04. The maximum absolute atomic E-state index is 5.92. The molecule has 0 aromatic carbocycles. The van der Waals surface area contributed by atoms with Crippen LogP contribution in [0.2, 0.25) is 0 Å². The third kappa shape index (κ3) is 1.18. The molecule has 1 spiro atoms. The number of hydrogen-bond donors (Lipinski definition) is 1. The van der Waals surface area contributed by atoms with Gasteiger partial charge in [0.15, 0.2) is 0 Å². The standard InChI is InChI=1S/C9H17NO/c1-7(10)8-3-6-9(11-8)4-2-5-9/h7-8H,2-6,10H2,1H3. The van der Waals surface area contributed by atoms with Crippen molar-refractivity contribution in [2.24, 2.45) is 5.73 Å². The van der Waals surface area contributed by atoms with Crippen LogP contribution in [0.15, 0.2) is 0 Å². The summed E-state index contributed by atoms with van der Waals surface area (Å²) in [5.74, 6) is 0. The van der Waals surface area contributed by atoms with Gasteiger partial charge in [0.25, 0.3) is 0 Å². The van der Waals surface area contributed by atoms with Gasteiger partial charge < -0.3 is 10.5 Å². The average molecular weight is 155 g/mol. The van der Waals surface area contributed by atoms with Gasteiger partial charge in [-0.05, 0) is 39.0 Å². The van der Waals surface area contributed by atoms with Crippen LogP contribution in [0.25, 0.3) is 0 Å². The van der Waals surface area contributed by atoms with E-state index in [9.17, 15) is 0 Å². The lowest BCUT2D eigenvalue weighted by Crippen LogP contribution is -2.40. The van der Waals surface area contributed by atoms with E-state index in [0.29, 0.717) is 6.10 Å². The van der Waals surface area contributed by atoms with Gasteiger partial charge in [0.1, 0.15) is 0 Å². The van der Waals surface area contributed by atoms with Crippen LogP contribution in [0, 0.1) is 0 Å². The normalized spacial score (nSPS) is 37.1. The summed E-state index contributed by atoms with van der Waals surface area (Å²) < 4.78 is 5.92. The first-order valence-electron chi connectivity index (χ1n) is 4.65. The minimum Gasteiger partial charge on any atom is -0.370 e. The minimum absolute atomic E-state index is 0.218. The van der Waals surface area contributed by atoms with E-state index in [0.717, 1.165) is 0 Å². The summed E-state index contributed by atoms with van der Waals surface area (Å²) in [7, 11) is 0. The first-order valence-corrected chi connectivity index (χ1v) is 4.65. The third-order valence-electron chi connectivity index (χ3n) is 3.14. The topological polar surface area (TPSA) is 35.2 Å². The molecule has 2 aliphatic rings. The fourth-order valence-corrected chi connectivity index (χ4v) is 2.15. The molecule has 1 aliphatic carbocycles. The van der Waals surface area contributed by atoms with Crippen LogP contribution < -0.4 is 5.73 Å². The molecule has 1 saturated carbocycles. The van der Waals surface area contributed by atoms with Crippen LogP contribution >= 0.6 is 0 Å². The predicted octanol–water partition coefficient (Wildman–Crippen LogP) is 1.44. The predicted molar refractivity (Wildman–Crippen MR) is 44.3 cm³/mol. The smallest absolute Gasteiger partial charge is 0.0731 e. The molecular formula is C9H17NO. The molecule has 2 heteroatoms. The second kappa shape index (κ2) is 2.46. The van der Waals surface area contributed by atoms with Crippen molar-refractivity contribution in [2.45, 2.75) is 56.8 Å². The fourth-order valence-electron chi connectivity index (χ4n) is 2.15. The Labute approximate surface area is 68.1 Å². The molecule has 2 nitrogen and oxygen atoms in total. The van der Waals surface area contributed by atoms with Crippen molar-refractivity contribution >= 4 is 0 Å². The molecule has 0 aromatic heterocycles. The van der Waals surface area contributed by atoms with Crippen LogP contribution in [-0.2, 0) is 4.74 Å². The van der Waals surface area contributed by atoms with Crippen molar-refractivity contribution in [1.29, 1.82) is 0 Å². The zero-order chi connectivity index (χ0) is 7.90. The summed E-state index contributed by atoms with van der Waals surface area (Å²) in [6.07, 6.45) is 6.67. The van der Waals surface area contributed by atoms with Crippen molar-refractivity contribution in [1.82, 2.24) is 0 Å². The lowest BCUT2D eigenvalue weighted by Gasteiger charge is -2.38. The second-order valence-electron chi connectivity index (χ2n) is 4.09. The maximum atomic E-state index is 5.92. The van der Waals surface area contributed by atoms with Crippen LogP contribution in [-0.4, -0.2) is 17.7 Å². The van der Waals surface area contributed by atoms with Crippen molar-refractivity contribution in [3.63, 3.8) is 0 Å². The summed E-state index contributed by atoms with van der Waals surface area (Å²) in [5.41, 5.74) is 6.06. The van der Waals surface area contributed by atoms with Crippen molar-refractivity contribution < 1.29 is 4.74 Å². The third-order valence-corrected chi connectivity index (χ3v) is 3.14. The Morgan fingerprint density at radius 1 is 1.45 bits per heavy atom. The van der Waals surface area contributed by atoms with E-state index in [1.165, 1.54) is 32.1 Å². The lowest BCUT2D eigenvalue weighted by molar-refractivity contribution is -0.0954. The zero-order valence-corrected chi connectivity index (χ0v) is 7.18. The highest BCUT2D eigenvalue weighted by atomic mass is 16.5. The van der Waals surface area contributed by atoms with Gasteiger partial charge in [-0.3, -0.25) is 0 Å². The van der Waals surface area contributed by atoms with Gasteiger partial charge in [0.2, 0.25) is 0 Å². The molecule has 0 bridgehead atoms. The van der Waals surface area contributed by atoms with Crippen LogP contribution in [0.3, 0.4) is 0 Å². The Bertz CT molecular complexity index is 152. The van der Waals surface area contributed by atoms with E-state index < -0.39 is 0 Å². The Kier molecular flexibility index (Phi) is 1.69. The molecule has 64 valence electrons. The molecular weight excluding hydrogens is 138 g/mol. The Balaban J connectivity index is 1.93. The Morgan fingerprint density at radius 3 is 2.45 bits per heavy atom. The maximum Gasteiger partial charge on any atom is 0.0731 e. The van der Waals surface area contributed by atoms with Crippen molar-refractivity contribution in [2.75, 3.05) is 0 Å². The Hall–Kier alpha value is -0.0800. The minimum atomic E-state index is 0.218. The van der Waals surface area contributed by atoms with E-state index in [-0.39, 0.29) is 11.6 Å². The van der Waals surface area contributed by atoms with E-state index >= 15 is 0 Å². The van der Waals surface area contributed by atoms with Crippen molar-refractivity contribution in [3.8, 4) is 0 Å². The molecule has 0 amide bonds. The molecule has 2 fully saturated rings. The van der Waals surface area contributed by atoms with Gasteiger partial charge in [-0.15, -0.1) is 0 Å². The number of hydrogen-bond acceptors (Lipinski definition) is 2. The number of rotatable bonds is 1. The molecule has 1 saturated heterocycles. The molecule has 1 heterocycles. The molecule has 0 radical (unpaired) electrons. The highest BCUT2D eigenvalue weighted by molar-refractivity contribution is 4.96. The van der Waals surface area contributed by atoms with Gasteiger partial charge in [0.05, 0.1) is 11.7 Å². The molecule has 11 heavy (non-hydrogen) atoms. The van der Waals surface area contributed by atoms with Crippen LogP contribution in [0.4, 0.5) is 0 Å². The fraction of sp³-hybridized carbons (Fsp3) is 1.00. The largest absolute Gasteiger partial charge is 0.370 e. The highest BCUT2D eigenvalue weighted by Gasteiger charge is 2.45. The second-order valence-corrected chi connectivity index (χ2v) is 4.09. The first kappa shape index (κ1) is 7.56. The number of ether oxygens (including phenoxy) is 1. The van der Waals surface area contributed by atoms with Gasteiger partial charge in [-0.1, -0.05) is 0 Å². The van der Waals surface area contributed by atoms with E-state index in [2.05, 4.69) is 0 Å². The van der Waals surface area contributed by atoms with Crippen LogP contribution in [0.5, 0.6) is 0 Å².